The van der Waals surface area contributed by atoms with E-state index in [4.69, 9.17) is 16.3 Å². The van der Waals surface area contributed by atoms with E-state index < -0.39 is 0 Å². The molecule has 128 valence electrons. The molecule has 1 aromatic carbocycles. The van der Waals surface area contributed by atoms with Crippen LogP contribution >= 0.6 is 11.6 Å². The molecule has 24 heavy (non-hydrogen) atoms. The Morgan fingerprint density at radius 3 is 2.88 bits per heavy atom. The van der Waals surface area contributed by atoms with E-state index in [0.717, 1.165) is 5.69 Å². The molecule has 1 aromatic heterocycles. The highest BCUT2D eigenvalue weighted by Crippen LogP contribution is 2.39. The average Bonchev–Trinajstić information content (AvgIpc) is 3.30. The molecule has 1 N–H and O–H groups in total. The van der Waals surface area contributed by atoms with Crippen LogP contribution in [-0.2, 0) is 13.6 Å². The van der Waals surface area contributed by atoms with Crippen LogP contribution in [0.2, 0.25) is 5.02 Å². The van der Waals surface area contributed by atoms with Gasteiger partial charge in [0.05, 0.1) is 28.9 Å². The zero-order valence-corrected chi connectivity index (χ0v) is 14.9. The molecular weight excluding hydrogens is 326 g/mol. The average molecular weight is 348 g/mol. The second-order valence-corrected chi connectivity index (χ2v) is 6.80. The smallest absolute Gasteiger partial charge is 0.253 e. The molecule has 0 spiro atoms. The van der Waals surface area contributed by atoms with Crippen LogP contribution in [0.25, 0.3) is 0 Å². The van der Waals surface area contributed by atoms with E-state index in [-0.39, 0.29) is 12.0 Å². The predicted molar refractivity (Wildman–Crippen MR) is 93.6 cm³/mol. The number of rotatable bonds is 6. The first-order valence-electron chi connectivity index (χ1n) is 8.22. The van der Waals surface area contributed by atoms with E-state index in [1.807, 2.05) is 25.6 Å². The molecule has 1 heterocycles. The van der Waals surface area contributed by atoms with Crippen molar-refractivity contribution >= 4 is 17.5 Å². The van der Waals surface area contributed by atoms with Crippen molar-refractivity contribution in [3.05, 3.63) is 46.2 Å². The van der Waals surface area contributed by atoms with E-state index in [2.05, 4.69) is 16.5 Å². The summed E-state index contributed by atoms with van der Waals surface area (Å²) < 4.78 is 7.53. The van der Waals surface area contributed by atoms with Crippen LogP contribution in [0.15, 0.2) is 24.3 Å². The number of halogens is 1. The maximum absolute atomic E-state index is 12.4. The molecule has 6 heteroatoms. The number of hydrogen-bond donors (Lipinski definition) is 1. The Morgan fingerprint density at radius 1 is 1.46 bits per heavy atom. The predicted octanol–water partition coefficient (Wildman–Crippen LogP) is 3.67. The van der Waals surface area contributed by atoms with Gasteiger partial charge in [-0.3, -0.25) is 9.48 Å². The van der Waals surface area contributed by atoms with Crippen molar-refractivity contribution in [1.82, 2.24) is 15.1 Å². The Bertz CT molecular complexity index is 751. The summed E-state index contributed by atoms with van der Waals surface area (Å²) in [6.45, 7) is 4.22. The second-order valence-electron chi connectivity index (χ2n) is 6.43. The maximum atomic E-state index is 12.4. The molecule has 1 saturated carbocycles. The highest BCUT2D eigenvalue weighted by molar-refractivity contribution is 6.35. The van der Waals surface area contributed by atoms with Crippen molar-refractivity contribution in [3.63, 3.8) is 0 Å². The number of carbonyl (C=O) groups excluding carboxylic acids is 1. The number of ether oxygens (including phenoxy) is 1. The lowest BCUT2D eigenvalue weighted by molar-refractivity contribution is 0.0949. The van der Waals surface area contributed by atoms with Gasteiger partial charge in [0, 0.05) is 18.7 Å². The molecule has 0 atom stereocenters. The van der Waals surface area contributed by atoms with Gasteiger partial charge in [0.25, 0.3) is 5.91 Å². The first-order valence-corrected chi connectivity index (χ1v) is 8.59. The van der Waals surface area contributed by atoms with Crippen LogP contribution in [0.1, 0.15) is 54.4 Å². The van der Waals surface area contributed by atoms with Crippen LogP contribution < -0.4 is 10.1 Å². The van der Waals surface area contributed by atoms with E-state index in [9.17, 15) is 4.79 Å². The number of nitrogens with zero attached hydrogens (tertiary/aromatic N) is 2. The van der Waals surface area contributed by atoms with Crippen LogP contribution in [0.5, 0.6) is 5.75 Å². The minimum absolute atomic E-state index is 0.00447. The number of nitrogens with one attached hydrogen (secondary N) is 1. The number of aromatic nitrogens is 2. The lowest BCUT2D eigenvalue weighted by atomic mass is 10.2. The van der Waals surface area contributed by atoms with Crippen molar-refractivity contribution in [3.8, 4) is 5.75 Å². The molecule has 5 nitrogen and oxygen atoms in total. The molecule has 0 saturated heterocycles. The summed E-state index contributed by atoms with van der Waals surface area (Å²) in [6, 6.07) is 7.29. The number of carbonyl (C=O) groups is 1. The lowest BCUT2D eigenvalue weighted by Gasteiger charge is -2.13. The topological polar surface area (TPSA) is 56.1 Å². The largest absolute Gasteiger partial charge is 0.489 e. The van der Waals surface area contributed by atoms with Gasteiger partial charge >= 0.3 is 0 Å². The van der Waals surface area contributed by atoms with Gasteiger partial charge in [0.1, 0.15) is 5.75 Å². The van der Waals surface area contributed by atoms with Crippen LogP contribution in [0.4, 0.5) is 0 Å². The third-order valence-corrected chi connectivity index (χ3v) is 4.35. The van der Waals surface area contributed by atoms with Crippen molar-refractivity contribution in [2.45, 2.75) is 45.3 Å². The number of hydrogen-bond acceptors (Lipinski definition) is 3. The second kappa shape index (κ2) is 6.85. The fourth-order valence-electron chi connectivity index (χ4n) is 2.69. The molecule has 1 fully saturated rings. The fourth-order valence-corrected chi connectivity index (χ4v) is 2.94. The minimum atomic E-state index is -0.229. The van der Waals surface area contributed by atoms with E-state index >= 15 is 0 Å². The maximum Gasteiger partial charge on any atom is 0.253 e. The molecule has 1 aliphatic rings. The van der Waals surface area contributed by atoms with Crippen LogP contribution in [0.3, 0.4) is 0 Å². The van der Waals surface area contributed by atoms with Gasteiger partial charge in [0.2, 0.25) is 0 Å². The number of aryl methyl sites for hydroxylation is 1. The van der Waals surface area contributed by atoms with Gasteiger partial charge in [0.15, 0.2) is 0 Å². The highest BCUT2D eigenvalue weighted by Gasteiger charge is 2.27. The zero-order valence-electron chi connectivity index (χ0n) is 14.2. The van der Waals surface area contributed by atoms with Crippen molar-refractivity contribution < 1.29 is 9.53 Å². The van der Waals surface area contributed by atoms with Crippen molar-refractivity contribution in [2.75, 3.05) is 0 Å². The van der Waals surface area contributed by atoms with Crippen LogP contribution in [0, 0.1) is 0 Å². The molecule has 0 radical (unpaired) electrons. The number of amides is 1. The molecule has 0 unspecified atom stereocenters. The molecular formula is C18H22ClN3O2. The van der Waals surface area contributed by atoms with Gasteiger partial charge in [-0.1, -0.05) is 17.7 Å². The van der Waals surface area contributed by atoms with E-state index in [1.165, 1.54) is 18.5 Å². The summed E-state index contributed by atoms with van der Waals surface area (Å²) in [5.41, 5.74) is 2.51. The summed E-state index contributed by atoms with van der Waals surface area (Å²) in [4.78, 5) is 12.4. The summed E-state index contributed by atoms with van der Waals surface area (Å²) in [5, 5.41) is 7.68. The summed E-state index contributed by atoms with van der Waals surface area (Å²) in [6.07, 6.45) is 2.45. The zero-order chi connectivity index (χ0) is 17.3. The molecule has 1 aliphatic carbocycles. The molecule has 0 bridgehead atoms. The van der Waals surface area contributed by atoms with Crippen molar-refractivity contribution in [1.29, 1.82) is 0 Å². The fraction of sp³-hybridized carbons (Fsp3) is 0.444. The van der Waals surface area contributed by atoms with Gasteiger partial charge in [-0.25, -0.2) is 0 Å². The Hall–Kier alpha value is -2.01. The molecule has 3 rings (SSSR count). The quantitative estimate of drug-likeness (QED) is 0.867. The van der Waals surface area contributed by atoms with Gasteiger partial charge in [-0.05, 0) is 44.9 Å². The Labute approximate surface area is 147 Å². The van der Waals surface area contributed by atoms with Crippen molar-refractivity contribution in [2.24, 2.45) is 7.05 Å². The summed E-state index contributed by atoms with van der Waals surface area (Å²) in [5.74, 6) is 0.923. The first kappa shape index (κ1) is 16.8. The lowest BCUT2D eigenvalue weighted by Crippen LogP contribution is -2.23. The van der Waals surface area contributed by atoms with E-state index in [1.54, 1.807) is 18.2 Å². The third kappa shape index (κ3) is 3.73. The standard InChI is InChI=1S/C18H22ClN3O2/c1-11(2)24-16-6-4-5-14(17(16)19)18(23)20-10-13-9-15(12-7-8-12)22(3)21-13/h4-6,9,11-12H,7-8,10H2,1-3H3,(H,20,23). The minimum Gasteiger partial charge on any atom is -0.489 e. The normalized spacial score (nSPS) is 14.0. The Balaban J connectivity index is 1.67. The van der Waals surface area contributed by atoms with Gasteiger partial charge in [-0.15, -0.1) is 0 Å². The molecule has 2 aromatic rings. The molecule has 1 amide bonds. The monoisotopic (exact) mass is 347 g/mol. The number of benzene rings is 1. The summed E-state index contributed by atoms with van der Waals surface area (Å²) in [7, 11) is 1.95. The summed E-state index contributed by atoms with van der Waals surface area (Å²) >= 11 is 6.30. The van der Waals surface area contributed by atoms with Crippen LogP contribution in [-0.4, -0.2) is 21.8 Å². The third-order valence-electron chi connectivity index (χ3n) is 3.96. The Morgan fingerprint density at radius 2 is 2.21 bits per heavy atom. The SMILES string of the molecule is CC(C)Oc1cccc(C(=O)NCc2cc(C3CC3)n(C)n2)c1Cl. The first-order chi connectivity index (χ1) is 11.5. The van der Waals surface area contributed by atoms with E-state index in [0.29, 0.717) is 28.8 Å². The highest BCUT2D eigenvalue weighted by atomic mass is 35.5. The Kier molecular flexibility index (Phi) is 4.81. The molecule has 0 aliphatic heterocycles. The van der Waals surface area contributed by atoms with Gasteiger partial charge < -0.3 is 10.1 Å². The van der Waals surface area contributed by atoms with Gasteiger partial charge in [-0.2, -0.15) is 5.10 Å².